The Hall–Kier alpha value is -1.75. The van der Waals surface area contributed by atoms with Gasteiger partial charge in [0.15, 0.2) is 0 Å². The monoisotopic (exact) mass is 111 g/mol. The second-order valence-electron chi connectivity index (χ2n) is 0.692. The largest absolute Gasteiger partial charge is 0.512 e. The van der Waals surface area contributed by atoms with Gasteiger partial charge in [0, 0.05) is 0 Å². The number of nitriles is 1. The van der Waals surface area contributed by atoms with E-state index < -0.39 is 0 Å². The zero-order valence-corrected chi connectivity index (χ0v) is 4.05. The van der Waals surface area contributed by atoms with Crippen LogP contribution in [0, 0.1) is 23.3 Å². The van der Waals surface area contributed by atoms with E-state index in [9.17, 15) is 0 Å². The first-order valence-corrected chi connectivity index (χ1v) is 1.52. The number of nitrogens with zero attached hydrogens (tertiary/aromatic N) is 2. The fraction of sp³-hybridized carbons (Fsp3) is 0. The Morgan fingerprint density at radius 2 is 1.88 bits per heavy atom. The van der Waals surface area contributed by atoms with Crippen molar-refractivity contribution in [1.82, 2.24) is 0 Å². The molecule has 0 aliphatic carbocycles. The first kappa shape index (κ1) is 9.54. The van der Waals surface area contributed by atoms with Gasteiger partial charge in [-0.25, -0.2) is 0 Å². The Balaban J connectivity index is 0. The number of guanidine groups is 1. The van der Waals surface area contributed by atoms with Crippen LogP contribution >= 0.6 is 0 Å². The van der Waals surface area contributed by atoms with E-state index in [0.29, 0.717) is 0 Å². The molecule has 0 amide bonds. The van der Waals surface area contributed by atoms with E-state index in [-0.39, 0.29) is 5.96 Å². The zero-order chi connectivity index (χ0) is 6.99. The fourth-order valence-corrected chi connectivity index (χ4v) is 0.0645. The van der Waals surface area contributed by atoms with E-state index in [1.165, 1.54) is 6.19 Å². The highest BCUT2D eigenvalue weighted by molar-refractivity contribution is 5.69. The molecule has 0 spiro atoms. The summed E-state index contributed by atoms with van der Waals surface area (Å²) < 4.78 is 0. The van der Waals surface area contributed by atoms with Gasteiger partial charge >= 0.3 is 12.2 Å². The lowest BCUT2D eigenvalue weighted by atomic mass is 11.1. The maximum Gasteiger partial charge on any atom is 0.323 e. The molecule has 0 fully saturated rings. The lowest BCUT2D eigenvalue weighted by Gasteiger charge is -1.68. The van der Waals surface area contributed by atoms with E-state index in [1.54, 1.807) is 0 Å². The van der Waals surface area contributed by atoms with Gasteiger partial charge < -0.3 is 23.3 Å². The molecule has 5 nitrogen and oxygen atoms in total. The highest BCUT2D eigenvalue weighted by Gasteiger charge is 1.74. The lowest BCUT2D eigenvalue weighted by Crippen LogP contribution is -2.72. The molecule has 0 unspecified atom stereocenters. The van der Waals surface area contributed by atoms with Crippen LogP contribution in [0.5, 0.6) is 0 Å². The van der Waals surface area contributed by atoms with Crippen molar-refractivity contribution in [2.75, 3.05) is 0 Å². The molecule has 42 valence electrons. The molecule has 0 aliphatic heterocycles. The van der Waals surface area contributed by atoms with Gasteiger partial charge in [-0.15, -0.1) is 0 Å². The predicted molar refractivity (Wildman–Crippen MR) is 24.9 cm³/mol. The molecule has 0 bridgehead atoms. The van der Waals surface area contributed by atoms with E-state index in [4.69, 9.17) is 28.6 Å². The van der Waals surface area contributed by atoms with E-state index in [0.717, 1.165) is 0 Å². The summed E-state index contributed by atoms with van der Waals surface area (Å²) in [6.07, 6.45) is 1.53. The third-order valence-corrected chi connectivity index (χ3v) is 0.200. The van der Waals surface area contributed by atoms with Crippen molar-refractivity contribution in [2.24, 2.45) is 11.5 Å². The Morgan fingerprint density at radius 3 is 1.88 bits per heavy atom. The van der Waals surface area contributed by atoms with E-state index >= 15 is 0 Å². The van der Waals surface area contributed by atoms with Gasteiger partial charge in [-0.05, 0) is 5.26 Å². The SMILES string of the molecule is N#C[NH+]=C(N)N.[C-]#N. The average molecular weight is 111 g/mol. The number of hydrogen-bond acceptors (Lipinski definition) is 2. The molecule has 0 aromatic heterocycles. The van der Waals surface area contributed by atoms with Gasteiger partial charge in [-0.1, -0.05) is 0 Å². The number of rotatable bonds is 0. The van der Waals surface area contributed by atoms with Crippen LogP contribution in [0.4, 0.5) is 0 Å². The molecular weight excluding hydrogens is 106 g/mol. The van der Waals surface area contributed by atoms with Gasteiger partial charge in [0.2, 0.25) is 0 Å². The second kappa shape index (κ2) is 8.98. The summed E-state index contributed by atoms with van der Waals surface area (Å²) in [5, 5.41) is 13.9. The van der Waals surface area contributed by atoms with Gasteiger partial charge in [0.1, 0.15) is 0 Å². The summed E-state index contributed by atoms with van der Waals surface area (Å²) in [4.78, 5) is 1.99. The summed E-state index contributed by atoms with van der Waals surface area (Å²) >= 11 is 0. The zero-order valence-electron chi connectivity index (χ0n) is 4.05. The summed E-state index contributed by atoms with van der Waals surface area (Å²) in [5.41, 5.74) is 9.53. The Morgan fingerprint density at radius 1 is 1.50 bits per heavy atom. The Bertz CT molecular complexity index is 122. The topological polar surface area (TPSA) is 114 Å². The molecule has 0 rings (SSSR count). The van der Waals surface area contributed by atoms with Crippen LogP contribution in [0.2, 0.25) is 0 Å². The van der Waals surface area contributed by atoms with E-state index in [2.05, 4.69) is 0 Å². The highest BCUT2D eigenvalue weighted by Crippen LogP contribution is 1.03. The van der Waals surface area contributed by atoms with Crippen LogP contribution in [0.1, 0.15) is 0 Å². The van der Waals surface area contributed by atoms with Crippen LogP contribution in [0.15, 0.2) is 0 Å². The maximum atomic E-state index is 7.69. The van der Waals surface area contributed by atoms with Crippen LogP contribution in [0.3, 0.4) is 0 Å². The maximum absolute atomic E-state index is 7.69. The number of nitrogens with two attached hydrogens (primary N) is 2. The van der Waals surface area contributed by atoms with Crippen LogP contribution in [-0.4, -0.2) is 5.96 Å². The average Bonchev–Trinajstić information content (AvgIpc) is 1.72. The smallest absolute Gasteiger partial charge is 0.323 e. The molecule has 5 N–H and O–H groups in total. The molecule has 0 saturated carbocycles. The van der Waals surface area contributed by atoms with Gasteiger partial charge in [-0.3, -0.25) is 0 Å². The molecular formula is C3H5N5. The fourth-order valence-electron chi connectivity index (χ4n) is 0.0645. The van der Waals surface area contributed by atoms with Crippen molar-refractivity contribution in [2.45, 2.75) is 0 Å². The summed E-state index contributed by atoms with van der Waals surface area (Å²) in [7, 11) is 0. The van der Waals surface area contributed by atoms with E-state index in [1.807, 2.05) is 4.99 Å². The third kappa shape index (κ3) is 28.7. The lowest BCUT2D eigenvalue weighted by molar-refractivity contribution is -0.353. The van der Waals surface area contributed by atoms with Crippen molar-refractivity contribution in [3.63, 3.8) is 0 Å². The minimum Gasteiger partial charge on any atom is -0.512 e. The molecule has 0 heterocycles. The number of nitrogens with one attached hydrogen (secondary N) is 1. The van der Waals surface area contributed by atoms with Crippen molar-refractivity contribution < 1.29 is 4.99 Å². The first-order valence-electron chi connectivity index (χ1n) is 1.52. The molecule has 0 saturated heterocycles. The Kier molecular flexibility index (Phi) is 10.7. The minimum atomic E-state index is -0.0718. The van der Waals surface area contributed by atoms with Crippen molar-refractivity contribution in [3.05, 3.63) is 6.57 Å². The Labute approximate surface area is 46.8 Å². The minimum absolute atomic E-state index is 0.0718. The summed E-state index contributed by atoms with van der Waals surface area (Å²) in [5.74, 6) is -0.0718. The molecule has 0 aliphatic rings. The normalized spacial score (nSPS) is 4.62. The molecule has 8 heavy (non-hydrogen) atoms. The summed E-state index contributed by atoms with van der Waals surface area (Å²) in [6, 6.07) is 0. The standard InChI is InChI=1S/C2H4N4.CN/c3-1-6-2(4)5;1-2/h(H4,4,5,6);/q;-1/p+1. The summed E-state index contributed by atoms with van der Waals surface area (Å²) in [6.45, 7) is 4.75. The second-order valence-corrected chi connectivity index (χ2v) is 0.692. The third-order valence-electron chi connectivity index (χ3n) is 0.200. The van der Waals surface area contributed by atoms with Gasteiger partial charge in [-0.2, -0.15) is 4.99 Å². The highest BCUT2D eigenvalue weighted by atomic mass is 15.0. The van der Waals surface area contributed by atoms with Crippen molar-refractivity contribution in [3.8, 4) is 6.19 Å². The molecule has 0 radical (unpaired) electrons. The molecule has 0 aromatic carbocycles. The molecule has 0 atom stereocenters. The van der Waals surface area contributed by atoms with Crippen LogP contribution < -0.4 is 16.5 Å². The van der Waals surface area contributed by atoms with Crippen LogP contribution in [-0.2, 0) is 0 Å². The predicted octanol–water partition coefficient (Wildman–Crippen LogP) is -3.08. The van der Waals surface area contributed by atoms with Gasteiger partial charge in [0.25, 0.3) is 0 Å². The quantitative estimate of drug-likeness (QED) is 0.101. The van der Waals surface area contributed by atoms with Crippen molar-refractivity contribution in [1.29, 1.82) is 10.5 Å². The number of hydrogen-bond donors (Lipinski definition) is 3. The molecule has 5 heteroatoms. The van der Waals surface area contributed by atoms with Crippen LogP contribution in [0.25, 0.3) is 0 Å². The first-order chi connectivity index (χ1) is 3.77. The molecule has 0 aromatic rings. The van der Waals surface area contributed by atoms with Gasteiger partial charge in [0.05, 0.1) is 0 Å². The van der Waals surface area contributed by atoms with Crippen molar-refractivity contribution >= 4 is 5.96 Å².